The standard InChI is InChI=1S/C17H14FN5O/c18-13-3-1-12(2-4-13)5-6-21-17(24)16-11-22-15(10-23-16)14-9-19-7-8-20-14/h1-4,7-11H,5-6H2,(H,21,24). The van der Waals surface area contributed by atoms with Crippen molar-refractivity contribution in [3.05, 3.63) is 72.3 Å². The van der Waals surface area contributed by atoms with Crippen LogP contribution in [0.25, 0.3) is 11.4 Å². The average Bonchev–Trinajstić information content (AvgIpc) is 2.64. The number of carbonyl (C=O) groups excluding carboxylic acids is 1. The molecule has 2 aromatic heterocycles. The smallest absolute Gasteiger partial charge is 0.271 e. The summed E-state index contributed by atoms with van der Waals surface area (Å²) >= 11 is 0. The Balaban J connectivity index is 1.56. The van der Waals surface area contributed by atoms with Gasteiger partial charge in [0, 0.05) is 18.9 Å². The topological polar surface area (TPSA) is 80.7 Å². The van der Waals surface area contributed by atoms with E-state index >= 15 is 0 Å². The monoisotopic (exact) mass is 323 g/mol. The largest absolute Gasteiger partial charge is 0.350 e. The lowest BCUT2D eigenvalue weighted by Crippen LogP contribution is -2.26. The molecule has 6 nitrogen and oxygen atoms in total. The number of aromatic nitrogens is 4. The summed E-state index contributed by atoms with van der Waals surface area (Å²) in [7, 11) is 0. The number of rotatable bonds is 5. The minimum atomic E-state index is -0.310. The first-order chi connectivity index (χ1) is 11.7. The van der Waals surface area contributed by atoms with Crippen molar-refractivity contribution in [2.75, 3.05) is 6.54 Å². The van der Waals surface area contributed by atoms with Crippen LogP contribution in [0.2, 0.25) is 0 Å². The van der Waals surface area contributed by atoms with Crippen LogP contribution in [0.3, 0.4) is 0 Å². The van der Waals surface area contributed by atoms with Crippen LogP contribution in [0.4, 0.5) is 4.39 Å². The molecule has 0 bridgehead atoms. The fourth-order valence-corrected chi connectivity index (χ4v) is 2.07. The lowest BCUT2D eigenvalue weighted by atomic mass is 10.1. The van der Waals surface area contributed by atoms with Gasteiger partial charge in [0.25, 0.3) is 5.91 Å². The van der Waals surface area contributed by atoms with Crippen molar-refractivity contribution >= 4 is 5.91 Å². The van der Waals surface area contributed by atoms with Crippen molar-refractivity contribution in [1.29, 1.82) is 0 Å². The molecule has 1 amide bonds. The van der Waals surface area contributed by atoms with Gasteiger partial charge in [-0.05, 0) is 24.1 Å². The molecule has 0 saturated carbocycles. The quantitative estimate of drug-likeness (QED) is 0.777. The predicted molar refractivity (Wildman–Crippen MR) is 85.5 cm³/mol. The van der Waals surface area contributed by atoms with Gasteiger partial charge in [-0.25, -0.2) is 9.37 Å². The summed E-state index contributed by atoms with van der Waals surface area (Å²) in [5, 5.41) is 2.76. The van der Waals surface area contributed by atoms with Gasteiger partial charge in [0.05, 0.1) is 18.6 Å². The second-order valence-electron chi connectivity index (χ2n) is 5.01. The summed E-state index contributed by atoms with van der Waals surface area (Å²) in [4.78, 5) is 28.4. The van der Waals surface area contributed by atoms with Crippen molar-refractivity contribution in [1.82, 2.24) is 25.3 Å². The molecule has 0 aliphatic rings. The van der Waals surface area contributed by atoms with Gasteiger partial charge in [0.1, 0.15) is 22.9 Å². The number of halogens is 1. The minimum Gasteiger partial charge on any atom is -0.350 e. The molecular formula is C17H14FN5O. The fourth-order valence-electron chi connectivity index (χ4n) is 2.07. The first kappa shape index (κ1) is 15.7. The maximum Gasteiger partial charge on any atom is 0.271 e. The highest BCUT2D eigenvalue weighted by Crippen LogP contribution is 2.10. The molecule has 0 saturated heterocycles. The number of nitrogens with zero attached hydrogens (tertiary/aromatic N) is 4. The summed E-state index contributed by atoms with van der Waals surface area (Å²) in [5.41, 5.74) is 2.31. The zero-order valence-corrected chi connectivity index (χ0v) is 12.7. The van der Waals surface area contributed by atoms with E-state index in [0.717, 1.165) is 5.56 Å². The summed E-state index contributed by atoms with van der Waals surface area (Å²) in [6, 6.07) is 6.18. The molecule has 1 aromatic carbocycles. The van der Waals surface area contributed by atoms with E-state index in [9.17, 15) is 9.18 Å². The number of nitrogens with one attached hydrogen (secondary N) is 1. The molecule has 0 unspecified atom stereocenters. The molecular weight excluding hydrogens is 309 g/mol. The van der Waals surface area contributed by atoms with Crippen molar-refractivity contribution in [3.63, 3.8) is 0 Å². The number of benzene rings is 1. The SMILES string of the molecule is O=C(NCCc1ccc(F)cc1)c1cnc(-c2cnccn2)cn1. The van der Waals surface area contributed by atoms with Crippen molar-refractivity contribution in [2.45, 2.75) is 6.42 Å². The van der Waals surface area contributed by atoms with Crippen molar-refractivity contribution < 1.29 is 9.18 Å². The fraction of sp³-hybridized carbons (Fsp3) is 0.118. The zero-order chi connectivity index (χ0) is 16.8. The first-order valence-electron chi connectivity index (χ1n) is 7.33. The Labute approximate surface area is 137 Å². The third kappa shape index (κ3) is 3.95. The van der Waals surface area contributed by atoms with Gasteiger partial charge in [-0.1, -0.05) is 12.1 Å². The summed E-state index contributed by atoms with van der Waals surface area (Å²) in [5.74, 6) is -0.587. The average molecular weight is 323 g/mol. The third-order valence-corrected chi connectivity index (χ3v) is 3.32. The van der Waals surface area contributed by atoms with Crippen LogP contribution in [-0.4, -0.2) is 32.4 Å². The molecule has 0 radical (unpaired) electrons. The van der Waals surface area contributed by atoms with Gasteiger partial charge in [-0.15, -0.1) is 0 Å². The Morgan fingerprint density at radius 3 is 2.42 bits per heavy atom. The Morgan fingerprint density at radius 2 is 1.75 bits per heavy atom. The van der Waals surface area contributed by atoms with Crippen molar-refractivity contribution in [3.8, 4) is 11.4 Å². The Bertz CT molecular complexity index is 807. The van der Waals surface area contributed by atoms with E-state index in [2.05, 4.69) is 25.3 Å². The molecule has 3 rings (SSSR count). The highest BCUT2D eigenvalue weighted by Gasteiger charge is 2.09. The van der Waals surface area contributed by atoms with E-state index in [1.807, 2.05) is 0 Å². The second-order valence-corrected chi connectivity index (χ2v) is 5.01. The van der Waals surface area contributed by atoms with Gasteiger partial charge in [-0.3, -0.25) is 19.7 Å². The summed E-state index contributed by atoms with van der Waals surface area (Å²) < 4.78 is 12.8. The van der Waals surface area contributed by atoms with Crippen LogP contribution in [0.1, 0.15) is 16.1 Å². The highest BCUT2D eigenvalue weighted by molar-refractivity contribution is 5.92. The normalized spacial score (nSPS) is 10.4. The molecule has 0 aliphatic heterocycles. The molecule has 1 N–H and O–H groups in total. The number of hydrogen-bond donors (Lipinski definition) is 1. The molecule has 0 spiro atoms. The molecule has 3 aromatic rings. The van der Waals surface area contributed by atoms with Gasteiger partial charge in [0.2, 0.25) is 0 Å². The van der Waals surface area contributed by atoms with Gasteiger partial charge in [-0.2, -0.15) is 0 Å². The highest BCUT2D eigenvalue weighted by atomic mass is 19.1. The minimum absolute atomic E-state index is 0.224. The van der Waals surface area contributed by atoms with Crippen LogP contribution >= 0.6 is 0 Å². The Hall–Kier alpha value is -3.22. The van der Waals surface area contributed by atoms with Crippen LogP contribution in [0.15, 0.2) is 55.2 Å². The van der Waals surface area contributed by atoms with E-state index in [4.69, 9.17) is 0 Å². The van der Waals surface area contributed by atoms with E-state index in [1.165, 1.54) is 24.5 Å². The third-order valence-electron chi connectivity index (χ3n) is 3.32. The Kier molecular flexibility index (Phi) is 4.81. The van der Waals surface area contributed by atoms with Crippen LogP contribution in [0, 0.1) is 5.82 Å². The molecule has 0 aliphatic carbocycles. The van der Waals surface area contributed by atoms with E-state index < -0.39 is 0 Å². The maximum atomic E-state index is 12.8. The molecule has 120 valence electrons. The predicted octanol–water partition coefficient (Wildman–Crippen LogP) is 2.05. The molecule has 24 heavy (non-hydrogen) atoms. The maximum absolute atomic E-state index is 12.8. The number of amides is 1. The van der Waals surface area contributed by atoms with Crippen LogP contribution < -0.4 is 5.32 Å². The summed E-state index contributed by atoms with van der Waals surface area (Å²) in [6.45, 7) is 0.429. The molecule has 0 fully saturated rings. The van der Waals surface area contributed by atoms with Gasteiger partial charge >= 0.3 is 0 Å². The number of hydrogen-bond acceptors (Lipinski definition) is 5. The van der Waals surface area contributed by atoms with E-state index in [-0.39, 0.29) is 17.4 Å². The molecule has 0 atom stereocenters. The Morgan fingerprint density at radius 1 is 0.958 bits per heavy atom. The van der Waals surface area contributed by atoms with Crippen LogP contribution in [-0.2, 0) is 6.42 Å². The van der Waals surface area contributed by atoms with Crippen LogP contribution in [0.5, 0.6) is 0 Å². The van der Waals surface area contributed by atoms with Gasteiger partial charge in [0.15, 0.2) is 0 Å². The lowest BCUT2D eigenvalue weighted by molar-refractivity contribution is 0.0949. The zero-order valence-electron chi connectivity index (χ0n) is 12.7. The first-order valence-corrected chi connectivity index (χ1v) is 7.33. The van der Waals surface area contributed by atoms with E-state index in [1.54, 1.807) is 30.7 Å². The van der Waals surface area contributed by atoms with Gasteiger partial charge < -0.3 is 5.32 Å². The lowest BCUT2D eigenvalue weighted by Gasteiger charge is -2.05. The van der Waals surface area contributed by atoms with Crippen molar-refractivity contribution in [2.24, 2.45) is 0 Å². The molecule has 7 heteroatoms. The summed E-state index contributed by atoms with van der Waals surface area (Å²) in [6.07, 6.45) is 8.20. The second kappa shape index (κ2) is 7.36. The van der Waals surface area contributed by atoms with E-state index in [0.29, 0.717) is 24.4 Å². The molecule has 2 heterocycles. The number of carbonyl (C=O) groups is 1.